The van der Waals surface area contributed by atoms with Crippen molar-refractivity contribution in [3.05, 3.63) is 79.3 Å². The van der Waals surface area contributed by atoms with E-state index in [9.17, 15) is 0 Å². The molecular formula is C24H23Br. The van der Waals surface area contributed by atoms with Crippen molar-refractivity contribution >= 4 is 27.6 Å². The van der Waals surface area contributed by atoms with Crippen molar-refractivity contribution in [2.45, 2.75) is 51.9 Å². The first kappa shape index (κ1) is 15.6. The molecule has 0 bridgehead atoms. The molecule has 0 saturated carbocycles. The fraction of sp³-hybridized carbons (Fsp3) is 0.333. The summed E-state index contributed by atoms with van der Waals surface area (Å²) in [7, 11) is 0. The summed E-state index contributed by atoms with van der Waals surface area (Å²) in [6, 6.07) is 11.3. The maximum Gasteiger partial charge on any atom is 0.0216 e. The van der Waals surface area contributed by atoms with Crippen LogP contribution in [0.3, 0.4) is 0 Å². The third-order valence-corrected chi connectivity index (χ3v) is 6.94. The first-order valence-electron chi connectivity index (χ1n) is 9.50. The summed E-state index contributed by atoms with van der Waals surface area (Å²) in [6.45, 7) is 2.35. The van der Waals surface area contributed by atoms with Crippen molar-refractivity contribution in [1.29, 1.82) is 0 Å². The zero-order chi connectivity index (χ0) is 17.0. The van der Waals surface area contributed by atoms with Crippen LogP contribution < -0.4 is 0 Å². The normalized spacial score (nSPS) is 18.1. The Kier molecular flexibility index (Phi) is 3.74. The van der Waals surface area contributed by atoms with Gasteiger partial charge in [0.25, 0.3) is 0 Å². The topological polar surface area (TPSA) is 0 Å². The number of fused-ring (bicyclic) bond motifs is 4. The lowest BCUT2D eigenvalue weighted by Gasteiger charge is -2.22. The van der Waals surface area contributed by atoms with Gasteiger partial charge in [0.1, 0.15) is 0 Å². The fourth-order valence-corrected chi connectivity index (χ4v) is 5.64. The van der Waals surface area contributed by atoms with E-state index in [0.29, 0.717) is 0 Å². The Hall–Kier alpha value is -1.60. The second-order valence-electron chi connectivity index (χ2n) is 7.84. The Morgan fingerprint density at radius 1 is 0.960 bits per heavy atom. The SMILES string of the molecule is CC1=C(CC2=Cc3ccccc3C2)c2cc(Br)c3c(c2C1)CCCC3. The highest BCUT2D eigenvalue weighted by Crippen LogP contribution is 2.44. The lowest BCUT2D eigenvalue weighted by molar-refractivity contribution is 0.677. The smallest absolute Gasteiger partial charge is 0.0216 e. The zero-order valence-corrected chi connectivity index (χ0v) is 16.4. The number of benzene rings is 2. The molecule has 1 heteroatoms. The van der Waals surface area contributed by atoms with Crippen LogP contribution in [0.5, 0.6) is 0 Å². The van der Waals surface area contributed by atoms with Crippen molar-refractivity contribution < 1.29 is 0 Å². The van der Waals surface area contributed by atoms with E-state index in [1.54, 1.807) is 33.4 Å². The molecule has 0 N–H and O–H groups in total. The molecule has 0 unspecified atom stereocenters. The molecule has 2 aromatic carbocycles. The van der Waals surface area contributed by atoms with Gasteiger partial charge in [-0.2, -0.15) is 0 Å². The van der Waals surface area contributed by atoms with Crippen LogP contribution in [0.25, 0.3) is 11.6 Å². The van der Waals surface area contributed by atoms with E-state index in [0.717, 1.165) is 12.8 Å². The quantitative estimate of drug-likeness (QED) is 0.535. The Morgan fingerprint density at radius 2 is 1.76 bits per heavy atom. The van der Waals surface area contributed by atoms with Crippen LogP contribution in [0, 0.1) is 0 Å². The van der Waals surface area contributed by atoms with Crippen LogP contribution in [-0.4, -0.2) is 0 Å². The largest absolute Gasteiger partial charge is 0.0648 e. The Bertz CT molecular complexity index is 943. The van der Waals surface area contributed by atoms with Crippen molar-refractivity contribution in [3.63, 3.8) is 0 Å². The standard InChI is InChI=1S/C24H23Br/c1-15-10-22-19-8-4-5-9-20(19)24(25)14-23(22)21(15)13-16-11-17-6-2-3-7-18(17)12-16/h2-3,6-7,11,14H,4-5,8-10,12-13H2,1H3. The molecule has 0 aliphatic heterocycles. The number of halogens is 1. The van der Waals surface area contributed by atoms with E-state index in [4.69, 9.17) is 0 Å². The van der Waals surface area contributed by atoms with Gasteiger partial charge in [-0.05, 0) is 96.9 Å². The molecule has 3 aliphatic carbocycles. The van der Waals surface area contributed by atoms with Gasteiger partial charge in [0, 0.05) is 4.47 Å². The maximum atomic E-state index is 3.88. The molecule has 126 valence electrons. The van der Waals surface area contributed by atoms with E-state index in [1.165, 1.54) is 53.3 Å². The highest BCUT2D eigenvalue weighted by atomic mass is 79.9. The summed E-state index contributed by atoms with van der Waals surface area (Å²) < 4.78 is 1.34. The number of allylic oxidation sites excluding steroid dienone is 3. The van der Waals surface area contributed by atoms with Crippen molar-refractivity contribution in [3.8, 4) is 0 Å². The fourth-order valence-electron chi connectivity index (χ4n) is 4.98. The van der Waals surface area contributed by atoms with Gasteiger partial charge >= 0.3 is 0 Å². The van der Waals surface area contributed by atoms with Crippen LogP contribution in [0.2, 0.25) is 0 Å². The molecule has 0 heterocycles. The Labute approximate surface area is 158 Å². The molecule has 0 fully saturated rings. The summed E-state index contributed by atoms with van der Waals surface area (Å²) in [5, 5.41) is 0. The first-order chi connectivity index (χ1) is 12.2. The minimum Gasteiger partial charge on any atom is -0.0648 e. The minimum absolute atomic E-state index is 1.11. The molecule has 0 saturated heterocycles. The van der Waals surface area contributed by atoms with Gasteiger partial charge < -0.3 is 0 Å². The summed E-state index contributed by atoms with van der Waals surface area (Å²) >= 11 is 3.88. The zero-order valence-electron chi connectivity index (χ0n) is 14.8. The molecular weight excluding hydrogens is 368 g/mol. The monoisotopic (exact) mass is 390 g/mol. The van der Waals surface area contributed by atoms with E-state index in [1.807, 2.05) is 0 Å². The molecule has 2 aromatic rings. The predicted molar refractivity (Wildman–Crippen MR) is 110 cm³/mol. The van der Waals surface area contributed by atoms with Gasteiger partial charge in [0.05, 0.1) is 0 Å². The molecule has 0 radical (unpaired) electrons. The van der Waals surface area contributed by atoms with Crippen molar-refractivity contribution in [1.82, 2.24) is 0 Å². The molecule has 25 heavy (non-hydrogen) atoms. The minimum atomic E-state index is 1.11. The van der Waals surface area contributed by atoms with Crippen LogP contribution in [0.4, 0.5) is 0 Å². The van der Waals surface area contributed by atoms with Crippen LogP contribution in [0.15, 0.2) is 46.0 Å². The second kappa shape index (κ2) is 5.99. The average molecular weight is 391 g/mol. The summed E-state index contributed by atoms with van der Waals surface area (Å²) in [6.07, 6.45) is 11.0. The molecule has 5 rings (SSSR count). The molecule has 0 aromatic heterocycles. The van der Waals surface area contributed by atoms with Crippen LogP contribution >= 0.6 is 15.9 Å². The highest BCUT2D eigenvalue weighted by molar-refractivity contribution is 9.10. The molecule has 0 atom stereocenters. The molecule has 0 spiro atoms. The van der Waals surface area contributed by atoms with Crippen LogP contribution in [-0.2, 0) is 25.7 Å². The highest BCUT2D eigenvalue weighted by Gasteiger charge is 2.27. The molecule has 0 nitrogen and oxygen atoms in total. The Morgan fingerprint density at radius 3 is 2.60 bits per heavy atom. The summed E-state index contributed by atoms with van der Waals surface area (Å²) in [4.78, 5) is 0. The van der Waals surface area contributed by atoms with Crippen molar-refractivity contribution in [2.24, 2.45) is 0 Å². The Balaban J connectivity index is 1.51. The third kappa shape index (κ3) is 2.56. The maximum absolute atomic E-state index is 3.88. The van der Waals surface area contributed by atoms with E-state index in [-0.39, 0.29) is 0 Å². The number of rotatable bonds is 2. The van der Waals surface area contributed by atoms with E-state index in [2.05, 4.69) is 59.3 Å². The van der Waals surface area contributed by atoms with Gasteiger partial charge in [-0.15, -0.1) is 0 Å². The predicted octanol–water partition coefficient (Wildman–Crippen LogP) is 6.69. The molecule has 0 amide bonds. The van der Waals surface area contributed by atoms with Gasteiger partial charge in [-0.25, -0.2) is 0 Å². The average Bonchev–Trinajstić information content (AvgIpc) is 3.17. The number of hydrogen-bond donors (Lipinski definition) is 0. The number of hydrogen-bond acceptors (Lipinski definition) is 0. The van der Waals surface area contributed by atoms with E-state index >= 15 is 0 Å². The summed E-state index contributed by atoms with van der Waals surface area (Å²) in [5.74, 6) is 0. The summed E-state index contributed by atoms with van der Waals surface area (Å²) in [5.41, 5.74) is 14.1. The lowest BCUT2D eigenvalue weighted by Crippen LogP contribution is -2.08. The van der Waals surface area contributed by atoms with Crippen LogP contribution in [0.1, 0.15) is 59.6 Å². The third-order valence-electron chi connectivity index (χ3n) is 6.23. The van der Waals surface area contributed by atoms with Gasteiger partial charge in [0.15, 0.2) is 0 Å². The van der Waals surface area contributed by atoms with E-state index < -0.39 is 0 Å². The molecule has 3 aliphatic rings. The lowest BCUT2D eigenvalue weighted by atomic mass is 9.85. The van der Waals surface area contributed by atoms with Gasteiger partial charge in [-0.3, -0.25) is 0 Å². The van der Waals surface area contributed by atoms with Crippen molar-refractivity contribution in [2.75, 3.05) is 0 Å². The second-order valence-corrected chi connectivity index (χ2v) is 8.69. The van der Waals surface area contributed by atoms with Gasteiger partial charge in [-0.1, -0.05) is 57.4 Å². The van der Waals surface area contributed by atoms with Gasteiger partial charge in [0.2, 0.25) is 0 Å². The first-order valence-corrected chi connectivity index (χ1v) is 10.3.